The molecule has 0 atom stereocenters. The molecule has 3 rings (SSSR count). The minimum Gasteiger partial charge on any atom is -0.488 e. The minimum absolute atomic E-state index is 0.107. The number of ether oxygens (including phenoxy) is 1. The minimum atomic E-state index is -1.02. The largest absolute Gasteiger partial charge is 0.488 e. The Hall–Kier alpha value is -4.08. The van der Waals surface area contributed by atoms with Gasteiger partial charge in [0.1, 0.15) is 24.0 Å². The molecule has 0 unspecified atom stereocenters. The maximum atomic E-state index is 12.5. The molecule has 0 bridgehead atoms. The second-order valence-corrected chi connectivity index (χ2v) is 6.90. The van der Waals surface area contributed by atoms with Gasteiger partial charge in [0.25, 0.3) is 5.91 Å². The highest BCUT2D eigenvalue weighted by Crippen LogP contribution is 2.23. The Kier molecular flexibility index (Phi) is 7.05. The lowest BCUT2D eigenvalue weighted by Crippen LogP contribution is -2.13. The van der Waals surface area contributed by atoms with E-state index in [2.05, 4.69) is 5.32 Å². The van der Waals surface area contributed by atoms with Gasteiger partial charge in [-0.3, -0.25) is 4.79 Å². The zero-order valence-electron chi connectivity index (χ0n) is 16.2. The Morgan fingerprint density at radius 1 is 1.06 bits per heavy atom. The van der Waals surface area contributed by atoms with Crippen LogP contribution in [0.1, 0.15) is 21.5 Å². The molecule has 0 aliphatic rings. The van der Waals surface area contributed by atoms with Crippen LogP contribution in [0.2, 0.25) is 5.02 Å². The summed E-state index contributed by atoms with van der Waals surface area (Å²) >= 11 is 5.92. The van der Waals surface area contributed by atoms with Crippen molar-refractivity contribution in [3.63, 3.8) is 0 Å². The molecule has 6 nitrogen and oxygen atoms in total. The maximum absolute atomic E-state index is 12.5. The number of anilines is 1. The van der Waals surface area contributed by atoms with E-state index in [4.69, 9.17) is 21.4 Å². The fourth-order valence-corrected chi connectivity index (χ4v) is 2.95. The summed E-state index contributed by atoms with van der Waals surface area (Å²) in [7, 11) is 0. The van der Waals surface area contributed by atoms with Gasteiger partial charge in [-0.05, 0) is 48.0 Å². The second kappa shape index (κ2) is 10.1. The summed E-state index contributed by atoms with van der Waals surface area (Å²) in [6.07, 6.45) is 1.43. The standard InChI is InChI=1S/C24H17ClN2O4/c25-20-8-4-9-21(13-20)27-23(28)19(14-26)12-17-6-1-2-10-22(17)31-15-16-5-3-7-18(11-16)24(29)30/h1-13H,15H2,(H,27,28)(H,29,30)/b19-12+. The van der Waals surface area contributed by atoms with Crippen molar-refractivity contribution in [2.75, 3.05) is 5.32 Å². The van der Waals surface area contributed by atoms with Crippen LogP contribution in [0.5, 0.6) is 5.75 Å². The number of halogens is 1. The molecule has 7 heteroatoms. The Balaban J connectivity index is 1.78. The Morgan fingerprint density at radius 2 is 1.84 bits per heavy atom. The summed E-state index contributed by atoms with van der Waals surface area (Å²) in [4.78, 5) is 23.6. The number of carboxylic acids is 1. The summed E-state index contributed by atoms with van der Waals surface area (Å²) in [5, 5.41) is 21.7. The van der Waals surface area contributed by atoms with Crippen LogP contribution in [0.3, 0.4) is 0 Å². The van der Waals surface area contributed by atoms with Gasteiger partial charge < -0.3 is 15.2 Å². The number of hydrogen-bond acceptors (Lipinski definition) is 4. The summed E-state index contributed by atoms with van der Waals surface area (Å²) in [5.41, 5.74) is 1.75. The average Bonchev–Trinajstić information content (AvgIpc) is 2.76. The number of para-hydroxylation sites is 1. The number of nitrogens with zero attached hydrogens (tertiary/aromatic N) is 1. The molecule has 0 spiro atoms. The van der Waals surface area contributed by atoms with Crippen molar-refractivity contribution in [3.8, 4) is 11.8 Å². The summed E-state index contributed by atoms with van der Waals surface area (Å²) in [6.45, 7) is 0.128. The van der Waals surface area contributed by atoms with E-state index in [0.717, 1.165) is 0 Å². The molecule has 3 aromatic carbocycles. The molecule has 2 N–H and O–H groups in total. The molecule has 0 saturated heterocycles. The van der Waals surface area contributed by atoms with Crippen LogP contribution in [0.15, 0.2) is 78.4 Å². The number of amides is 1. The van der Waals surface area contributed by atoms with E-state index in [9.17, 15) is 14.9 Å². The molecule has 0 radical (unpaired) electrons. The first kappa shape index (κ1) is 21.6. The fraction of sp³-hybridized carbons (Fsp3) is 0.0417. The van der Waals surface area contributed by atoms with E-state index in [0.29, 0.717) is 27.6 Å². The molecule has 0 heterocycles. The Labute approximate surface area is 184 Å². The van der Waals surface area contributed by atoms with Gasteiger partial charge in [0.2, 0.25) is 0 Å². The Bertz CT molecular complexity index is 1200. The van der Waals surface area contributed by atoms with E-state index in [1.165, 1.54) is 18.2 Å². The van der Waals surface area contributed by atoms with Crippen molar-refractivity contribution in [1.29, 1.82) is 5.26 Å². The topological polar surface area (TPSA) is 99.4 Å². The van der Waals surface area contributed by atoms with Crippen molar-refractivity contribution in [2.24, 2.45) is 0 Å². The fourth-order valence-electron chi connectivity index (χ4n) is 2.76. The number of carbonyl (C=O) groups excluding carboxylic acids is 1. The molecule has 0 aromatic heterocycles. The lowest BCUT2D eigenvalue weighted by molar-refractivity contribution is -0.112. The molecule has 1 amide bonds. The highest BCUT2D eigenvalue weighted by molar-refractivity contribution is 6.31. The van der Waals surface area contributed by atoms with E-state index in [1.54, 1.807) is 60.7 Å². The van der Waals surface area contributed by atoms with Crippen LogP contribution < -0.4 is 10.1 Å². The third-order valence-corrected chi connectivity index (χ3v) is 4.47. The number of rotatable bonds is 7. The maximum Gasteiger partial charge on any atom is 0.335 e. The van der Waals surface area contributed by atoms with Gasteiger partial charge in [-0.15, -0.1) is 0 Å². The van der Waals surface area contributed by atoms with Crippen LogP contribution >= 0.6 is 11.6 Å². The molecular formula is C24H17ClN2O4. The zero-order valence-corrected chi connectivity index (χ0v) is 17.0. The number of carboxylic acid groups (broad SMARTS) is 1. The first-order chi connectivity index (χ1) is 15.0. The lowest BCUT2D eigenvalue weighted by atomic mass is 10.1. The van der Waals surface area contributed by atoms with Crippen molar-refractivity contribution < 1.29 is 19.4 Å². The van der Waals surface area contributed by atoms with Gasteiger partial charge in [0.05, 0.1) is 5.56 Å². The Morgan fingerprint density at radius 3 is 2.58 bits per heavy atom. The molecule has 3 aromatic rings. The number of carbonyl (C=O) groups is 2. The normalized spacial score (nSPS) is 10.8. The molecule has 154 valence electrons. The molecular weight excluding hydrogens is 416 g/mol. The van der Waals surface area contributed by atoms with E-state index < -0.39 is 11.9 Å². The van der Waals surface area contributed by atoms with Gasteiger partial charge in [0.15, 0.2) is 0 Å². The van der Waals surface area contributed by atoms with Gasteiger partial charge in [-0.25, -0.2) is 4.79 Å². The summed E-state index contributed by atoms with van der Waals surface area (Å²) < 4.78 is 5.82. The molecule has 0 saturated carbocycles. The first-order valence-corrected chi connectivity index (χ1v) is 9.57. The highest BCUT2D eigenvalue weighted by atomic mass is 35.5. The quantitative estimate of drug-likeness (QED) is 0.396. The van der Waals surface area contributed by atoms with Gasteiger partial charge in [-0.1, -0.05) is 48.0 Å². The third-order valence-electron chi connectivity index (χ3n) is 4.23. The molecule has 0 aliphatic heterocycles. The van der Waals surface area contributed by atoms with Crippen LogP contribution in [-0.4, -0.2) is 17.0 Å². The van der Waals surface area contributed by atoms with Gasteiger partial charge in [0, 0.05) is 16.3 Å². The monoisotopic (exact) mass is 432 g/mol. The summed E-state index contributed by atoms with van der Waals surface area (Å²) in [6, 6.07) is 21.9. The van der Waals surface area contributed by atoms with Crippen LogP contribution in [0, 0.1) is 11.3 Å². The molecule has 31 heavy (non-hydrogen) atoms. The van der Waals surface area contributed by atoms with Gasteiger partial charge in [-0.2, -0.15) is 5.26 Å². The van der Waals surface area contributed by atoms with Crippen molar-refractivity contribution in [1.82, 2.24) is 0 Å². The second-order valence-electron chi connectivity index (χ2n) is 6.47. The van der Waals surface area contributed by atoms with E-state index in [-0.39, 0.29) is 17.7 Å². The predicted molar refractivity (Wildman–Crippen MR) is 118 cm³/mol. The number of hydrogen-bond donors (Lipinski definition) is 2. The zero-order chi connectivity index (χ0) is 22.2. The number of nitrogens with one attached hydrogen (secondary N) is 1. The van der Waals surface area contributed by atoms with Crippen LogP contribution in [0.25, 0.3) is 6.08 Å². The van der Waals surface area contributed by atoms with E-state index >= 15 is 0 Å². The third kappa shape index (κ3) is 5.95. The van der Waals surface area contributed by atoms with Crippen molar-refractivity contribution in [2.45, 2.75) is 6.61 Å². The van der Waals surface area contributed by atoms with Gasteiger partial charge >= 0.3 is 5.97 Å². The smallest absolute Gasteiger partial charge is 0.335 e. The van der Waals surface area contributed by atoms with Crippen molar-refractivity contribution in [3.05, 3.63) is 100 Å². The van der Waals surface area contributed by atoms with Crippen molar-refractivity contribution >= 4 is 35.2 Å². The number of nitriles is 1. The SMILES string of the molecule is N#C/C(=C\c1ccccc1OCc1cccc(C(=O)O)c1)C(=O)Nc1cccc(Cl)c1. The first-order valence-electron chi connectivity index (χ1n) is 9.19. The number of benzene rings is 3. The molecule has 0 fully saturated rings. The lowest BCUT2D eigenvalue weighted by Gasteiger charge is -2.10. The average molecular weight is 433 g/mol. The van der Waals surface area contributed by atoms with Crippen LogP contribution in [0.4, 0.5) is 5.69 Å². The molecule has 0 aliphatic carbocycles. The summed E-state index contributed by atoms with van der Waals surface area (Å²) in [5.74, 6) is -1.14. The highest BCUT2D eigenvalue weighted by Gasteiger charge is 2.12. The van der Waals surface area contributed by atoms with E-state index in [1.807, 2.05) is 6.07 Å². The van der Waals surface area contributed by atoms with Crippen LogP contribution in [-0.2, 0) is 11.4 Å². The predicted octanol–water partition coefficient (Wildman–Crippen LogP) is 5.16. The number of aromatic carboxylic acids is 1.